The number of hydrogen-bond acceptors (Lipinski definition) is 7. The molecule has 0 radical (unpaired) electrons. The van der Waals surface area contributed by atoms with Gasteiger partial charge in [-0.25, -0.2) is 4.98 Å². The molecule has 0 spiro atoms. The maximum absolute atomic E-state index is 12.4. The molecule has 29 heavy (non-hydrogen) atoms. The highest BCUT2D eigenvalue weighted by Gasteiger charge is 2.19. The van der Waals surface area contributed by atoms with Gasteiger partial charge in [0.2, 0.25) is 5.75 Å². The van der Waals surface area contributed by atoms with Crippen molar-refractivity contribution in [1.82, 2.24) is 9.97 Å². The molecular formula is C21H22N2O6. The monoisotopic (exact) mass is 398 g/mol. The summed E-state index contributed by atoms with van der Waals surface area (Å²) < 4.78 is 21.3. The Bertz CT molecular complexity index is 1070. The third-order valence-corrected chi connectivity index (χ3v) is 4.40. The standard InChI is InChI=1S/C21H22N2O6/c1-12(20-22-15-8-6-5-7-14(15)21(25)23-20)29-18(24)11-13-9-16(26-2)19(28-4)17(10-13)27-3/h5-10,12H,11H2,1-4H3,(H,22,23,25)/t12-/m1/s1. The number of carbonyl (C=O) groups excluding carboxylic acids is 1. The highest BCUT2D eigenvalue weighted by molar-refractivity contribution is 5.77. The number of fused-ring (bicyclic) bond motifs is 1. The molecule has 0 amide bonds. The number of methoxy groups -OCH3 is 3. The maximum atomic E-state index is 12.4. The van der Waals surface area contributed by atoms with Crippen LogP contribution < -0.4 is 19.8 Å². The molecular weight excluding hydrogens is 376 g/mol. The van der Waals surface area contributed by atoms with Crippen LogP contribution in [0.5, 0.6) is 17.2 Å². The second-order valence-corrected chi connectivity index (χ2v) is 6.31. The molecule has 8 heteroatoms. The number of H-pyrrole nitrogens is 1. The minimum atomic E-state index is -0.721. The molecule has 0 aliphatic heterocycles. The molecule has 8 nitrogen and oxygen atoms in total. The summed E-state index contributed by atoms with van der Waals surface area (Å²) in [6.45, 7) is 1.65. The van der Waals surface area contributed by atoms with E-state index < -0.39 is 12.1 Å². The highest BCUT2D eigenvalue weighted by Crippen LogP contribution is 2.38. The van der Waals surface area contributed by atoms with E-state index in [4.69, 9.17) is 18.9 Å². The van der Waals surface area contributed by atoms with Crippen LogP contribution in [0.3, 0.4) is 0 Å². The summed E-state index contributed by atoms with van der Waals surface area (Å²) in [7, 11) is 4.51. The first-order valence-electron chi connectivity index (χ1n) is 8.94. The van der Waals surface area contributed by atoms with Gasteiger partial charge in [-0.15, -0.1) is 0 Å². The summed E-state index contributed by atoms with van der Waals surface area (Å²) in [4.78, 5) is 31.7. The van der Waals surface area contributed by atoms with Crippen LogP contribution in [0.1, 0.15) is 24.4 Å². The van der Waals surface area contributed by atoms with Crippen LogP contribution >= 0.6 is 0 Å². The summed E-state index contributed by atoms with van der Waals surface area (Å²) in [5.41, 5.74) is 0.897. The lowest BCUT2D eigenvalue weighted by Crippen LogP contribution is -2.18. The number of benzene rings is 2. The molecule has 2 aromatic carbocycles. The fraction of sp³-hybridized carbons (Fsp3) is 0.286. The van der Waals surface area contributed by atoms with Crippen molar-refractivity contribution >= 4 is 16.9 Å². The Balaban J connectivity index is 1.78. The molecule has 0 saturated carbocycles. The molecule has 1 heterocycles. The van der Waals surface area contributed by atoms with E-state index in [0.29, 0.717) is 33.7 Å². The number of aromatic nitrogens is 2. The molecule has 0 bridgehead atoms. The van der Waals surface area contributed by atoms with Crippen LogP contribution in [-0.2, 0) is 16.0 Å². The fourth-order valence-corrected chi connectivity index (χ4v) is 3.00. The van der Waals surface area contributed by atoms with Crippen LogP contribution in [0, 0.1) is 0 Å². The van der Waals surface area contributed by atoms with Gasteiger partial charge in [0.05, 0.1) is 38.7 Å². The van der Waals surface area contributed by atoms with Crippen LogP contribution in [0.15, 0.2) is 41.2 Å². The summed E-state index contributed by atoms with van der Waals surface area (Å²) in [6, 6.07) is 10.3. The molecule has 0 aliphatic carbocycles. The molecule has 0 unspecified atom stereocenters. The predicted octanol–water partition coefficient (Wildman–Crippen LogP) is 2.80. The molecule has 0 aliphatic rings. The van der Waals surface area contributed by atoms with Crippen molar-refractivity contribution in [2.75, 3.05) is 21.3 Å². The quantitative estimate of drug-likeness (QED) is 0.611. The van der Waals surface area contributed by atoms with E-state index in [-0.39, 0.29) is 17.8 Å². The Morgan fingerprint density at radius 3 is 2.34 bits per heavy atom. The van der Waals surface area contributed by atoms with Crippen molar-refractivity contribution in [2.45, 2.75) is 19.4 Å². The number of hydrogen-bond donors (Lipinski definition) is 1. The number of para-hydroxylation sites is 1. The van der Waals surface area contributed by atoms with Crippen molar-refractivity contribution in [1.29, 1.82) is 0 Å². The molecule has 3 rings (SSSR count). The Morgan fingerprint density at radius 1 is 1.07 bits per heavy atom. The van der Waals surface area contributed by atoms with Gasteiger partial charge in [-0.1, -0.05) is 12.1 Å². The van der Waals surface area contributed by atoms with Gasteiger partial charge in [-0.3, -0.25) is 9.59 Å². The van der Waals surface area contributed by atoms with Crippen molar-refractivity contribution in [2.24, 2.45) is 0 Å². The smallest absolute Gasteiger partial charge is 0.310 e. The molecule has 1 N–H and O–H groups in total. The Morgan fingerprint density at radius 2 is 1.72 bits per heavy atom. The van der Waals surface area contributed by atoms with E-state index in [0.717, 1.165) is 0 Å². The molecule has 0 saturated heterocycles. The van der Waals surface area contributed by atoms with Gasteiger partial charge < -0.3 is 23.9 Å². The Kier molecular flexibility index (Phi) is 6.01. The zero-order valence-corrected chi connectivity index (χ0v) is 16.6. The third kappa shape index (κ3) is 4.31. The van der Waals surface area contributed by atoms with E-state index in [1.807, 2.05) is 0 Å². The average molecular weight is 398 g/mol. The summed E-state index contributed by atoms with van der Waals surface area (Å²) in [6.07, 6.45) is -0.736. The molecule has 152 valence electrons. The minimum Gasteiger partial charge on any atom is -0.493 e. The first kappa shape index (κ1) is 20.2. The lowest BCUT2D eigenvalue weighted by molar-refractivity contribution is -0.148. The number of ether oxygens (including phenoxy) is 4. The zero-order chi connectivity index (χ0) is 21.0. The SMILES string of the molecule is COc1cc(CC(=O)O[C@H](C)c2nc3ccccc3c(=O)[nH]2)cc(OC)c1OC. The number of carbonyl (C=O) groups is 1. The van der Waals surface area contributed by atoms with Gasteiger partial charge >= 0.3 is 5.97 Å². The first-order valence-corrected chi connectivity index (χ1v) is 8.94. The minimum absolute atomic E-state index is 0.0150. The second-order valence-electron chi connectivity index (χ2n) is 6.31. The van der Waals surface area contributed by atoms with E-state index in [1.165, 1.54) is 21.3 Å². The van der Waals surface area contributed by atoms with Crippen molar-refractivity contribution in [3.63, 3.8) is 0 Å². The van der Waals surface area contributed by atoms with Gasteiger partial charge in [-0.2, -0.15) is 0 Å². The number of nitrogens with zero attached hydrogens (tertiary/aromatic N) is 1. The van der Waals surface area contributed by atoms with Gasteiger partial charge in [0.25, 0.3) is 5.56 Å². The Labute approximate surface area is 167 Å². The van der Waals surface area contributed by atoms with Crippen LogP contribution in [0.2, 0.25) is 0 Å². The van der Waals surface area contributed by atoms with E-state index >= 15 is 0 Å². The summed E-state index contributed by atoms with van der Waals surface area (Å²) in [5, 5.41) is 0.479. The van der Waals surface area contributed by atoms with Gasteiger partial charge in [0.1, 0.15) is 0 Å². The van der Waals surface area contributed by atoms with E-state index in [1.54, 1.807) is 43.3 Å². The Hall–Kier alpha value is -3.55. The fourth-order valence-electron chi connectivity index (χ4n) is 3.00. The lowest BCUT2D eigenvalue weighted by Gasteiger charge is -2.15. The number of aromatic amines is 1. The third-order valence-electron chi connectivity index (χ3n) is 4.40. The first-order chi connectivity index (χ1) is 14.0. The number of rotatable bonds is 7. The maximum Gasteiger partial charge on any atom is 0.310 e. The van der Waals surface area contributed by atoms with Crippen molar-refractivity contribution < 1.29 is 23.7 Å². The second kappa shape index (κ2) is 8.64. The zero-order valence-electron chi connectivity index (χ0n) is 16.6. The number of esters is 1. The van der Waals surface area contributed by atoms with Gasteiger partial charge in [0, 0.05) is 0 Å². The molecule has 1 atom stereocenters. The van der Waals surface area contributed by atoms with E-state index in [9.17, 15) is 9.59 Å². The molecule has 3 aromatic rings. The molecule has 0 fully saturated rings. The van der Waals surface area contributed by atoms with Crippen molar-refractivity contribution in [3.8, 4) is 17.2 Å². The molecule has 1 aromatic heterocycles. The average Bonchev–Trinajstić information content (AvgIpc) is 2.72. The normalized spacial score (nSPS) is 11.7. The summed E-state index contributed by atoms with van der Waals surface area (Å²) >= 11 is 0. The summed E-state index contributed by atoms with van der Waals surface area (Å²) in [5.74, 6) is 1.14. The highest BCUT2D eigenvalue weighted by atomic mass is 16.5. The largest absolute Gasteiger partial charge is 0.493 e. The van der Waals surface area contributed by atoms with Crippen LogP contribution in [-0.4, -0.2) is 37.3 Å². The van der Waals surface area contributed by atoms with Gasteiger partial charge in [-0.05, 0) is 36.8 Å². The lowest BCUT2D eigenvalue weighted by atomic mass is 10.1. The van der Waals surface area contributed by atoms with Gasteiger partial charge in [0.15, 0.2) is 23.4 Å². The predicted molar refractivity (Wildman–Crippen MR) is 107 cm³/mol. The van der Waals surface area contributed by atoms with Crippen molar-refractivity contribution in [3.05, 3.63) is 58.1 Å². The van der Waals surface area contributed by atoms with Crippen LogP contribution in [0.25, 0.3) is 10.9 Å². The van der Waals surface area contributed by atoms with Crippen LogP contribution in [0.4, 0.5) is 0 Å². The van der Waals surface area contributed by atoms with E-state index in [2.05, 4.69) is 9.97 Å². The number of nitrogens with one attached hydrogen (secondary N) is 1. The topological polar surface area (TPSA) is 99.7 Å².